The molecule has 0 spiro atoms. The number of benzene rings is 2. The van der Waals surface area contributed by atoms with Crippen molar-refractivity contribution in [1.82, 2.24) is 10.2 Å². The molecule has 0 radical (unpaired) electrons. The number of fused-ring (bicyclic) bond motifs is 1. The van der Waals surface area contributed by atoms with Gasteiger partial charge in [-0.05, 0) is 45.8 Å². The highest BCUT2D eigenvalue weighted by Crippen LogP contribution is 2.25. The summed E-state index contributed by atoms with van der Waals surface area (Å²) in [4.78, 5) is 0. The molecule has 1 aromatic heterocycles. The van der Waals surface area contributed by atoms with Crippen LogP contribution in [-0.2, 0) is 6.54 Å². The van der Waals surface area contributed by atoms with Crippen LogP contribution < -0.4 is 5.32 Å². The van der Waals surface area contributed by atoms with E-state index < -0.39 is 0 Å². The van der Waals surface area contributed by atoms with E-state index in [0.29, 0.717) is 0 Å². The minimum atomic E-state index is 0.720. The molecule has 0 bridgehead atoms. The summed E-state index contributed by atoms with van der Waals surface area (Å²) in [5, 5.41) is 12.2. The van der Waals surface area contributed by atoms with Crippen LogP contribution >= 0.6 is 27.5 Å². The summed E-state index contributed by atoms with van der Waals surface area (Å²) in [5.41, 5.74) is 3.22. The quantitative estimate of drug-likeness (QED) is 0.734. The molecule has 0 unspecified atom stereocenters. The van der Waals surface area contributed by atoms with Crippen molar-refractivity contribution in [2.75, 3.05) is 5.32 Å². The lowest BCUT2D eigenvalue weighted by atomic mass is 10.2. The van der Waals surface area contributed by atoms with Crippen molar-refractivity contribution in [2.45, 2.75) is 6.54 Å². The number of H-pyrrole nitrogens is 1. The molecule has 3 rings (SSSR count). The van der Waals surface area contributed by atoms with Crippen molar-refractivity contribution in [2.24, 2.45) is 0 Å². The van der Waals surface area contributed by atoms with E-state index in [4.69, 9.17) is 11.6 Å². The smallest absolute Gasteiger partial charge is 0.0671 e. The van der Waals surface area contributed by atoms with Crippen LogP contribution in [0.15, 0.2) is 47.1 Å². The Bertz CT molecular complexity index is 724. The van der Waals surface area contributed by atoms with Crippen LogP contribution in [-0.4, -0.2) is 10.2 Å². The third-order valence-electron chi connectivity index (χ3n) is 2.95. The third-order valence-corrected chi connectivity index (χ3v) is 4.18. The zero-order valence-electron chi connectivity index (χ0n) is 9.95. The molecule has 0 amide bonds. The monoisotopic (exact) mass is 335 g/mol. The molecule has 19 heavy (non-hydrogen) atoms. The molecule has 0 fully saturated rings. The molecule has 0 saturated carbocycles. The van der Waals surface area contributed by atoms with E-state index in [1.54, 1.807) is 0 Å². The van der Waals surface area contributed by atoms with Crippen LogP contribution in [0.25, 0.3) is 10.9 Å². The molecule has 5 heteroatoms. The highest BCUT2D eigenvalue weighted by atomic mass is 79.9. The molecule has 3 aromatic rings. The van der Waals surface area contributed by atoms with Crippen LogP contribution in [0.4, 0.5) is 5.69 Å². The Hall–Kier alpha value is -1.52. The summed E-state index contributed by atoms with van der Waals surface area (Å²) in [5.74, 6) is 0. The van der Waals surface area contributed by atoms with Gasteiger partial charge in [0.2, 0.25) is 0 Å². The Balaban J connectivity index is 1.82. The van der Waals surface area contributed by atoms with Crippen LogP contribution in [0.3, 0.4) is 0 Å². The molecule has 0 aliphatic rings. The van der Waals surface area contributed by atoms with Gasteiger partial charge in [0.1, 0.15) is 0 Å². The predicted octanol–water partition coefficient (Wildman–Crippen LogP) is 4.59. The molecule has 0 aliphatic carbocycles. The fourth-order valence-corrected chi connectivity index (χ4v) is 2.42. The number of nitrogens with zero attached hydrogens (tertiary/aromatic N) is 1. The number of rotatable bonds is 3. The highest BCUT2D eigenvalue weighted by molar-refractivity contribution is 9.10. The molecule has 1 heterocycles. The van der Waals surface area contributed by atoms with Gasteiger partial charge in [-0.15, -0.1) is 0 Å². The SMILES string of the molecule is Clc1cc(CNc2cccc3[nH]ncc23)ccc1Br. The standard InChI is InChI=1S/C14H11BrClN3/c15-11-5-4-9(6-12(11)16)7-17-13-2-1-3-14-10(13)8-18-19-14/h1-6,8,17H,7H2,(H,18,19). The minimum Gasteiger partial charge on any atom is -0.380 e. The number of aromatic nitrogens is 2. The molecular weight excluding hydrogens is 326 g/mol. The third kappa shape index (κ3) is 2.60. The fraction of sp³-hybridized carbons (Fsp3) is 0.0714. The van der Waals surface area contributed by atoms with Gasteiger partial charge in [-0.3, -0.25) is 5.10 Å². The van der Waals surface area contributed by atoms with E-state index >= 15 is 0 Å². The molecule has 3 nitrogen and oxygen atoms in total. The van der Waals surface area contributed by atoms with Crippen molar-refractivity contribution in [3.63, 3.8) is 0 Å². The maximum Gasteiger partial charge on any atom is 0.0671 e. The van der Waals surface area contributed by atoms with Gasteiger partial charge >= 0.3 is 0 Å². The second kappa shape index (κ2) is 5.23. The maximum absolute atomic E-state index is 6.08. The van der Waals surface area contributed by atoms with Crippen molar-refractivity contribution < 1.29 is 0 Å². The van der Waals surface area contributed by atoms with E-state index in [0.717, 1.165) is 38.2 Å². The second-order valence-corrected chi connectivity index (χ2v) is 5.50. The normalized spacial score (nSPS) is 10.8. The first-order valence-corrected chi connectivity index (χ1v) is 7.01. The number of halogens is 2. The average Bonchev–Trinajstić information content (AvgIpc) is 2.89. The van der Waals surface area contributed by atoms with E-state index in [9.17, 15) is 0 Å². The van der Waals surface area contributed by atoms with Gasteiger partial charge in [0.15, 0.2) is 0 Å². The average molecular weight is 337 g/mol. The number of anilines is 1. The summed E-state index contributed by atoms with van der Waals surface area (Å²) in [6.45, 7) is 0.720. The number of hydrogen-bond acceptors (Lipinski definition) is 2. The largest absolute Gasteiger partial charge is 0.380 e. The van der Waals surface area contributed by atoms with Crippen LogP contribution in [0.5, 0.6) is 0 Å². The second-order valence-electron chi connectivity index (χ2n) is 4.24. The summed E-state index contributed by atoms with van der Waals surface area (Å²) >= 11 is 9.47. The van der Waals surface area contributed by atoms with Crippen molar-refractivity contribution in [3.05, 3.63) is 57.7 Å². The van der Waals surface area contributed by atoms with Crippen molar-refractivity contribution >= 4 is 44.1 Å². The zero-order valence-corrected chi connectivity index (χ0v) is 12.3. The van der Waals surface area contributed by atoms with E-state index in [-0.39, 0.29) is 0 Å². The van der Waals surface area contributed by atoms with Gasteiger partial charge in [0.25, 0.3) is 0 Å². The Morgan fingerprint density at radius 2 is 2.16 bits per heavy atom. The highest BCUT2D eigenvalue weighted by Gasteiger charge is 2.03. The van der Waals surface area contributed by atoms with E-state index in [1.165, 1.54) is 0 Å². The molecule has 0 atom stereocenters. The summed E-state index contributed by atoms with van der Waals surface area (Å²) in [6, 6.07) is 12.0. The van der Waals surface area contributed by atoms with Gasteiger partial charge < -0.3 is 5.32 Å². The van der Waals surface area contributed by atoms with Gasteiger partial charge in [-0.25, -0.2) is 0 Å². The lowest BCUT2D eigenvalue weighted by molar-refractivity contribution is 1.12. The summed E-state index contributed by atoms with van der Waals surface area (Å²) in [6.07, 6.45) is 1.83. The predicted molar refractivity (Wildman–Crippen MR) is 82.6 cm³/mol. The first-order valence-electron chi connectivity index (χ1n) is 5.84. The first-order chi connectivity index (χ1) is 9.24. The maximum atomic E-state index is 6.08. The molecule has 2 aromatic carbocycles. The molecular formula is C14H11BrClN3. The minimum absolute atomic E-state index is 0.720. The molecule has 96 valence electrons. The number of aromatic amines is 1. The number of hydrogen-bond donors (Lipinski definition) is 2. The van der Waals surface area contributed by atoms with Crippen LogP contribution in [0.2, 0.25) is 5.02 Å². The van der Waals surface area contributed by atoms with Gasteiger partial charge in [-0.2, -0.15) is 5.10 Å². The molecule has 0 aliphatic heterocycles. The Labute approximate surface area is 124 Å². The van der Waals surface area contributed by atoms with E-state index in [1.807, 2.05) is 42.6 Å². The lowest BCUT2D eigenvalue weighted by Gasteiger charge is -2.08. The summed E-state index contributed by atoms with van der Waals surface area (Å²) < 4.78 is 0.912. The Kier molecular flexibility index (Phi) is 3.44. The molecule has 2 N–H and O–H groups in total. The Morgan fingerprint density at radius 3 is 3.00 bits per heavy atom. The van der Waals surface area contributed by atoms with Gasteiger partial charge in [0, 0.05) is 22.1 Å². The zero-order chi connectivity index (χ0) is 13.2. The Morgan fingerprint density at radius 1 is 1.26 bits per heavy atom. The number of nitrogens with one attached hydrogen (secondary N) is 2. The van der Waals surface area contributed by atoms with E-state index in [2.05, 4.69) is 31.4 Å². The molecule has 0 saturated heterocycles. The van der Waals surface area contributed by atoms with Crippen molar-refractivity contribution in [1.29, 1.82) is 0 Å². The first kappa shape index (κ1) is 12.5. The van der Waals surface area contributed by atoms with Crippen LogP contribution in [0, 0.1) is 0 Å². The topological polar surface area (TPSA) is 40.7 Å². The lowest BCUT2D eigenvalue weighted by Crippen LogP contribution is -1.99. The van der Waals surface area contributed by atoms with Gasteiger partial charge in [-0.1, -0.05) is 23.7 Å². The fourth-order valence-electron chi connectivity index (χ4n) is 1.97. The summed E-state index contributed by atoms with van der Waals surface area (Å²) in [7, 11) is 0. The van der Waals surface area contributed by atoms with Crippen molar-refractivity contribution in [3.8, 4) is 0 Å². The van der Waals surface area contributed by atoms with Gasteiger partial charge in [0.05, 0.1) is 16.7 Å². The van der Waals surface area contributed by atoms with Crippen LogP contribution in [0.1, 0.15) is 5.56 Å².